The van der Waals surface area contributed by atoms with Gasteiger partial charge in [0, 0.05) is 11.6 Å². The summed E-state index contributed by atoms with van der Waals surface area (Å²) in [5.41, 5.74) is 1.96. The van der Waals surface area contributed by atoms with Crippen molar-refractivity contribution >= 4 is 33.5 Å². The molecule has 0 aliphatic heterocycles. The number of pyridine rings is 2. The average Bonchev–Trinajstić information content (AvgIpc) is 2.86. The summed E-state index contributed by atoms with van der Waals surface area (Å²) in [7, 11) is 0. The summed E-state index contributed by atoms with van der Waals surface area (Å²) in [6.07, 6.45) is 1.69. The van der Waals surface area contributed by atoms with E-state index in [9.17, 15) is 4.39 Å². The van der Waals surface area contributed by atoms with Crippen LogP contribution in [0.5, 0.6) is 0 Å². The van der Waals surface area contributed by atoms with E-state index in [0.717, 1.165) is 5.69 Å². The van der Waals surface area contributed by atoms with Crippen molar-refractivity contribution in [1.82, 2.24) is 19.7 Å². The zero-order valence-corrected chi connectivity index (χ0v) is 12.3. The molecular formula is C16H10ClFN4. The normalized spacial score (nSPS) is 11.4. The summed E-state index contributed by atoms with van der Waals surface area (Å²) in [5, 5.41) is 6.23. The van der Waals surface area contributed by atoms with E-state index in [0.29, 0.717) is 32.8 Å². The second-order valence-corrected chi connectivity index (χ2v) is 5.35. The van der Waals surface area contributed by atoms with Gasteiger partial charge < -0.3 is 0 Å². The molecule has 4 rings (SSSR count). The minimum atomic E-state index is -0.342. The molecule has 0 radical (unpaired) electrons. The third-order valence-corrected chi connectivity index (χ3v) is 3.94. The number of aryl methyl sites for hydroxylation is 1. The second kappa shape index (κ2) is 4.74. The highest BCUT2D eigenvalue weighted by Gasteiger charge is 2.17. The predicted molar refractivity (Wildman–Crippen MR) is 83.9 cm³/mol. The fourth-order valence-corrected chi connectivity index (χ4v) is 2.92. The first kappa shape index (κ1) is 13.2. The number of hydrogen-bond donors (Lipinski definition) is 0. The minimum Gasteiger partial charge on any atom is -0.237 e. The maximum atomic E-state index is 13.5. The molecular weight excluding hydrogens is 303 g/mol. The van der Waals surface area contributed by atoms with Crippen molar-refractivity contribution in [2.24, 2.45) is 0 Å². The SMILES string of the molecule is Cc1nn(-c2ccccn2)c2nc3ccc(F)cc3c(Cl)c12. The van der Waals surface area contributed by atoms with Gasteiger partial charge >= 0.3 is 0 Å². The third kappa shape index (κ3) is 1.86. The van der Waals surface area contributed by atoms with Crippen molar-refractivity contribution in [1.29, 1.82) is 0 Å². The quantitative estimate of drug-likeness (QED) is 0.532. The van der Waals surface area contributed by atoms with Crippen molar-refractivity contribution in [3.8, 4) is 5.82 Å². The summed E-state index contributed by atoms with van der Waals surface area (Å²) in [6.45, 7) is 1.85. The number of aromatic nitrogens is 4. The van der Waals surface area contributed by atoms with Gasteiger partial charge in [-0.3, -0.25) is 0 Å². The number of hydrogen-bond acceptors (Lipinski definition) is 3. The lowest BCUT2D eigenvalue weighted by Gasteiger charge is -2.05. The monoisotopic (exact) mass is 312 g/mol. The zero-order valence-electron chi connectivity index (χ0n) is 11.6. The molecule has 6 heteroatoms. The molecule has 1 aromatic carbocycles. The Morgan fingerprint density at radius 2 is 2.05 bits per heavy atom. The van der Waals surface area contributed by atoms with Crippen LogP contribution in [0.1, 0.15) is 5.69 Å². The van der Waals surface area contributed by atoms with E-state index in [-0.39, 0.29) is 5.82 Å². The van der Waals surface area contributed by atoms with E-state index in [1.807, 2.05) is 25.1 Å². The summed E-state index contributed by atoms with van der Waals surface area (Å²) in [6, 6.07) is 9.93. The van der Waals surface area contributed by atoms with E-state index in [1.165, 1.54) is 12.1 Å². The Hall–Kier alpha value is -2.53. The molecule has 3 heterocycles. The topological polar surface area (TPSA) is 43.6 Å². The van der Waals surface area contributed by atoms with Crippen molar-refractivity contribution in [2.45, 2.75) is 6.92 Å². The standard InChI is InChI=1S/C16H10ClFN4/c1-9-14-15(17)11-8-10(18)5-6-12(11)20-16(14)22(21-9)13-4-2-3-7-19-13/h2-8H,1H3. The van der Waals surface area contributed by atoms with Crippen LogP contribution in [0.25, 0.3) is 27.8 Å². The highest BCUT2D eigenvalue weighted by molar-refractivity contribution is 6.40. The third-order valence-electron chi connectivity index (χ3n) is 3.54. The van der Waals surface area contributed by atoms with E-state index >= 15 is 0 Å². The molecule has 0 unspecified atom stereocenters. The minimum absolute atomic E-state index is 0.342. The molecule has 0 aliphatic carbocycles. The van der Waals surface area contributed by atoms with Crippen molar-refractivity contribution in [3.63, 3.8) is 0 Å². The van der Waals surface area contributed by atoms with E-state index < -0.39 is 0 Å². The van der Waals surface area contributed by atoms with Gasteiger partial charge in [-0.2, -0.15) is 9.78 Å². The van der Waals surface area contributed by atoms with Gasteiger partial charge in [-0.15, -0.1) is 0 Å². The molecule has 0 fully saturated rings. The average molecular weight is 313 g/mol. The van der Waals surface area contributed by atoms with Gasteiger partial charge in [-0.1, -0.05) is 17.7 Å². The molecule has 0 N–H and O–H groups in total. The largest absolute Gasteiger partial charge is 0.237 e. The molecule has 108 valence electrons. The van der Waals surface area contributed by atoms with Gasteiger partial charge in [0.05, 0.1) is 21.6 Å². The fourth-order valence-electron chi connectivity index (χ4n) is 2.54. The van der Waals surface area contributed by atoms with Crippen LogP contribution in [-0.4, -0.2) is 19.7 Å². The van der Waals surface area contributed by atoms with Crippen molar-refractivity contribution in [3.05, 3.63) is 59.1 Å². The van der Waals surface area contributed by atoms with Gasteiger partial charge in [0.2, 0.25) is 0 Å². The first-order valence-corrected chi connectivity index (χ1v) is 7.08. The van der Waals surface area contributed by atoms with Gasteiger partial charge in [-0.05, 0) is 37.3 Å². The molecule has 0 saturated carbocycles. The summed E-state index contributed by atoms with van der Waals surface area (Å²) >= 11 is 6.47. The summed E-state index contributed by atoms with van der Waals surface area (Å²) < 4.78 is 15.1. The first-order valence-electron chi connectivity index (χ1n) is 6.70. The molecule has 0 spiro atoms. The molecule has 4 nitrogen and oxygen atoms in total. The van der Waals surface area contributed by atoms with Crippen LogP contribution in [0.2, 0.25) is 5.02 Å². The van der Waals surface area contributed by atoms with Crippen LogP contribution in [-0.2, 0) is 0 Å². The van der Waals surface area contributed by atoms with Gasteiger partial charge in [0.1, 0.15) is 5.82 Å². The molecule has 22 heavy (non-hydrogen) atoms. The molecule has 0 atom stereocenters. The molecule has 0 saturated heterocycles. The number of rotatable bonds is 1. The smallest absolute Gasteiger partial charge is 0.167 e. The Kier molecular flexibility index (Phi) is 2.84. The summed E-state index contributed by atoms with van der Waals surface area (Å²) in [5.74, 6) is 0.316. The lowest BCUT2D eigenvalue weighted by Crippen LogP contribution is -2.00. The maximum absolute atomic E-state index is 13.5. The molecule has 3 aromatic heterocycles. The number of halogens is 2. The van der Waals surface area contributed by atoms with Crippen molar-refractivity contribution < 1.29 is 4.39 Å². The van der Waals surface area contributed by atoms with Crippen molar-refractivity contribution in [2.75, 3.05) is 0 Å². The molecule has 0 bridgehead atoms. The number of nitrogens with zero attached hydrogens (tertiary/aromatic N) is 4. The Morgan fingerprint density at radius 3 is 2.82 bits per heavy atom. The Bertz CT molecular complexity index is 1010. The first-order chi connectivity index (χ1) is 10.6. The summed E-state index contributed by atoms with van der Waals surface area (Å²) in [4.78, 5) is 8.88. The maximum Gasteiger partial charge on any atom is 0.167 e. The second-order valence-electron chi connectivity index (χ2n) is 4.97. The zero-order chi connectivity index (χ0) is 15.3. The fraction of sp³-hybridized carbons (Fsp3) is 0.0625. The van der Waals surface area contributed by atoms with Crippen LogP contribution in [0.3, 0.4) is 0 Å². The highest BCUT2D eigenvalue weighted by Crippen LogP contribution is 2.33. The Labute approximate surface area is 130 Å². The van der Waals surface area contributed by atoms with E-state index in [2.05, 4.69) is 15.1 Å². The number of fused-ring (bicyclic) bond motifs is 2. The lowest BCUT2D eigenvalue weighted by atomic mass is 10.1. The number of benzene rings is 1. The van der Waals surface area contributed by atoms with Crippen LogP contribution in [0, 0.1) is 12.7 Å². The highest BCUT2D eigenvalue weighted by atomic mass is 35.5. The van der Waals surface area contributed by atoms with E-state index in [1.54, 1.807) is 16.9 Å². The molecule has 0 amide bonds. The molecule has 0 aliphatic rings. The van der Waals surface area contributed by atoms with E-state index in [4.69, 9.17) is 11.6 Å². The Morgan fingerprint density at radius 1 is 1.18 bits per heavy atom. The lowest BCUT2D eigenvalue weighted by molar-refractivity contribution is 0.629. The van der Waals surface area contributed by atoms with Crippen LogP contribution in [0.4, 0.5) is 4.39 Å². The Balaban J connectivity index is 2.14. The van der Waals surface area contributed by atoms with Crippen LogP contribution < -0.4 is 0 Å². The van der Waals surface area contributed by atoms with Gasteiger partial charge in [0.25, 0.3) is 0 Å². The predicted octanol–water partition coefficient (Wildman–Crippen LogP) is 4.07. The van der Waals surface area contributed by atoms with Gasteiger partial charge in [-0.25, -0.2) is 14.4 Å². The molecule has 4 aromatic rings. The van der Waals surface area contributed by atoms with Gasteiger partial charge in [0.15, 0.2) is 11.5 Å². The van der Waals surface area contributed by atoms with Crippen LogP contribution in [0.15, 0.2) is 42.6 Å². The van der Waals surface area contributed by atoms with Crippen LogP contribution >= 0.6 is 11.6 Å².